The molecule has 0 aliphatic rings. The maximum atomic E-state index is 12.0. The lowest BCUT2D eigenvalue weighted by molar-refractivity contribution is 0.0697. The molecule has 8 nitrogen and oxygen atoms in total. The molecule has 0 saturated carbocycles. The van der Waals surface area contributed by atoms with Crippen molar-refractivity contribution in [1.29, 1.82) is 0 Å². The number of anilines is 1. The van der Waals surface area contributed by atoms with E-state index in [4.69, 9.17) is 16.7 Å². The third kappa shape index (κ3) is 2.89. The van der Waals surface area contributed by atoms with Gasteiger partial charge in [-0.3, -0.25) is 0 Å². The highest BCUT2D eigenvalue weighted by atomic mass is 35.5. The molecule has 1 heterocycles. The van der Waals surface area contributed by atoms with Crippen LogP contribution < -0.4 is 4.72 Å². The summed E-state index contributed by atoms with van der Waals surface area (Å²) in [6.07, 6.45) is 0. The van der Waals surface area contributed by atoms with Gasteiger partial charge in [0, 0.05) is 0 Å². The van der Waals surface area contributed by atoms with E-state index >= 15 is 0 Å². The van der Waals surface area contributed by atoms with Gasteiger partial charge in [-0.05, 0) is 25.1 Å². The van der Waals surface area contributed by atoms with Crippen molar-refractivity contribution in [2.24, 2.45) is 0 Å². The first-order chi connectivity index (χ1) is 9.29. The zero-order chi connectivity index (χ0) is 14.9. The minimum Gasteiger partial charge on any atom is -0.478 e. The predicted molar refractivity (Wildman–Crippen MR) is 68.3 cm³/mol. The lowest BCUT2D eigenvalue weighted by atomic mass is 10.2. The van der Waals surface area contributed by atoms with Crippen molar-refractivity contribution in [1.82, 2.24) is 10.1 Å². The highest BCUT2D eigenvalue weighted by molar-refractivity contribution is 7.92. The molecule has 1 aromatic heterocycles. The molecule has 0 bridgehead atoms. The molecule has 106 valence electrons. The van der Waals surface area contributed by atoms with Crippen molar-refractivity contribution in [2.45, 2.75) is 11.8 Å². The molecule has 0 amide bonds. The van der Waals surface area contributed by atoms with Crippen molar-refractivity contribution in [3.8, 4) is 0 Å². The van der Waals surface area contributed by atoms with Crippen LogP contribution >= 0.6 is 11.6 Å². The van der Waals surface area contributed by atoms with E-state index in [0.29, 0.717) is 0 Å². The van der Waals surface area contributed by atoms with E-state index in [2.05, 4.69) is 14.7 Å². The number of aromatic nitrogens is 2. The molecule has 0 radical (unpaired) electrons. The molecule has 0 aliphatic heterocycles. The lowest BCUT2D eigenvalue weighted by Crippen LogP contribution is -2.14. The van der Waals surface area contributed by atoms with Crippen molar-refractivity contribution in [2.75, 3.05) is 4.72 Å². The van der Waals surface area contributed by atoms with Crippen LogP contribution in [0.5, 0.6) is 0 Å². The SMILES string of the molecule is Cc1noc(NS(=O)(=O)c2ccc(Cl)c(C(=O)O)c2)n1. The van der Waals surface area contributed by atoms with Gasteiger partial charge in [0.15, 0.2) is 5.82 Å². The van der Waals surface area contributed by atoms with Gasteiger partial charge in [-0.1, -0.05) is 16.8 Å². The zero-order valence-corrected chi connectivity index (χ0v) is 11.6. The van der Waals surface area contributed by atoms with E-state index < -0.39 is 16.0 Å². The summed E-state index contributed by atoms with van der Waals surface area (Å²) in [4.78, 5) is 14.3. The Morgan fingerprint density at radius 3 is 2.70 bits per heavy atom. The molecular weight excluding hydrogens is 310 g/mol. The second kappa shape index (κ2) is 5.10. The summed E-state index contributed by atoms with van der Waals surface area (Å²) in [5.41, 5.74) is -0.323. The highest BCUT2D eigenvalue weighted by Gasteiger charge is 2.20. The third-order valence-corrected chi connectivity index (χ3v) is 3.88. The van der Waals surface area contributed by atoms with Gasteiger partial charge in [0.1, 0.15) is 0 Å². The monoisotopic (exact) mass is 317 g/mol. The van der Waals surface area contributed by atoms with Crippen LogP contribution in [0.4, 0.5) is 6.01 Å². The largest absolute Gasteiger partial charge is 0.478 e. The summed E-state index contributed by atoms with van der Waals surface area (Å²) in [5, 5.41) is 12.3. The van der Waals surface area contributed by atoms with Crippen LogP contribution in [0.2, 0.25) is 5.02 Å². The fourth-order valence-corrected chi connectivity index (χ4v) is 2.50. The van der Waals surface area contributed by atoms with Gasteiger partial charge in [-0.2, -0.15) is 4.98 Å². The Hall–Kier alpha value is -2.13. The van der Waals surface area contributed by atoms with Crippen LogP contribution in [0.15, 0.2) is 27.6 Å². The Labute approximate surface area is 118 Å². The van der Waals surface area contributed by atoms with Gasteiger partial charge in [0.05, 0.1) is 15.5 Å². The van der Waals surface area contributed by atoms with Crippen molar-refractivity contribution in [3.63, 3.8) is 0 Å². The number of carbonyl (C=O) groups is 1. The Bertz CT molecular complexity index is 771. The second-order valence-corrected chi connectivity index (χ2v) is 5.79. The first-order valence-electron chi connectivity index (χ1n) is 5.15. The molecular formula is C10H8ClN3O5S. The first kappa shape index (κ1) is 14.3. The smallest absolute Gasteiger partial charge is 0.337 e. The average Bonchev–Trinajstić information content (AvgIpc) is 2.73. The molecule has 1 aromatic carbocycles. The maximum absolute atomic E-state index is 12.0. The molecule has 20 heavy (non-hydrogen) atoms. The van der Waals surface area contributed by atoms with E-state index in [0.717, 1.165) is 6.07 Å². The van der Waals surface area contributed by atoms with E-state index in [1.54, 1.807) is 0 Å². The Balaban J connectivity index is 2.39. The number of rotatable bonds is 4. The van der Waals surface area contributed by atoms with Crippen LogP contribution in [-0.4, -0.2) is 29.6 Å². The van der Waals surface area contributed by atoms with Gasteiger partial charge in [-0.25, -0.2) is 17.9 Å². The molecule has 0 unspecified atom stereocenters. The molecule has 0 spiro atoms. The maximum Gasteiger partial charge on any atom is 0.337 e. The Morgan fingerprint density at radius 1 is 1.45 bits per heavy atom. The van der Waals surface area contributed by atoms with Gasteiger partial charge in [0.25, 0.3) is 10.0 Å². The molecule has 0 saturated heterocycles. The first-order valence-corrected chi connectivity index (χ1v) is 7.01. The fourth-order valence-electron chi connectivity index (χ4n) is 1.35. The number of halogens is 1. The van der Waals surface area contributed by atoms with Crippen LogP contribution in [-0.2, 0) is 10.0 Å². The number of sulfonamides is 1. The van der Waals surface area contributed by atoms with Crippen molar-refractivity contribution < 1.29 is 22.8 Å². The van der Waals surface area contributed by atoms with E-state index in [1.165, 1.54) is 19.1 Å². The summed E-state index contributed by atoms with van der Waals surface area (Å²) in [5.74, 6) is -1.08. The Kier molecular flexibility index (Phi) is 3.64. The van der Waals surface area contributed by atoms with E-state index in [9.17, 15) is 13.2 Å². The number of carboxylic acids is 1. The average molecular weight is 318 g/mol. The molecule has 2 rings (SSSR count). The molecule has 2 aromatic rings. The second-order valence-electron chi connectivity index (χ2n) is 3.70. The van der Waals surface area contributed by atoms with Crippen LogP contribution in [0.25, 0.3) is 0 Å². The minimum atomic E-state index is -4.04. The van der Waals surface area contributed by atoms with E-state index in [1.807, 2.05) is 4.72 Å². The topological polar surface area (TPSA) is 122 Å². The summed E-state index contributed by atoms with van der Waals surface area (Å²) in [7, 11) is -4.04. The summed E-state index contributed by atoms with van der Waals surface area (Å²) >= 11 is 5.67. The van der Waals surface area contributed by atoms with Crippen molar-refractivity contribution >= 4 is 33.6 Å². The third-order valence-electron chi connectivity index (χ3n) is 2.23. The van der Waals surface area contributed by atoms with Crippen LogP contribution in [0, 0.1) is 6.92 Å². The molecule has 0 fully saturated rings. The molecule has 10 heteroatoms. The lowest BCUT2D eigenvalue weighted by Gasteiger charge is -2.05. The number of aryl methyl sites for hydroxylation is 1. The summed E-state index contributed by atoms with van der Waals surface area (Å²) in [6.45, 7) is 1.52. The fraction of sp³-hybridized carbons (Fsp3) is 0.100. The molecule has 2 N–H and O–H groups in total. The number of aromatic carboxylic acids is 1. The standard InChI is InChI=1S/C10H8ClN3O5S/c1-5-12-10(19-13-5)14-20(17,18)6-2-3-8(11)7(4-6)9(15)16/h2-4H,1H3,(H,15,16)(H,12,13,14). The summed E-state index contributed by atoms with van der Waals surface area (Å²) < 4.78 is 30.7. The normalized spacial score (nSPS) is 11.3. The number of hydrogen-bond acceptors (Lipinski definition) is 6. The van der Waals surface area contributed by atoms with Gasteiger partial charge in [0.2, 0.25) is 0 Å². The number of nitrogens with one attached hydrogen (secondary N) is 1. The number of carboxylic acid groups (broad SMARTS) is 1. The quantitative estimate of drug-likeness (QED) is 0.876. The summed E-state index contributed by atoms with van der Waals surface area (Å²) in [6, 6.07) is 2.98. The minimum absolute atomic E-state index is 0.0647. The molecule has 0 atom stereocenters. The van der Waals surface area contributed by atoms with Crippen molar-refractivity contribution in [3.05, 3.63) is 34.6 Å². The number of hydrogen-bond donors (Lipinski definition) is 2. The number of nitrogens with zero attached hydrogens (tertiary/aromatic N) is 2. The Morgan fingerprint density at radius 2 is 2.15 bits per heavy atom. The van der Waals surface area contributed by atoms with Crippen LogP contribution in [0.1, 0.15) is 16.2 Å². The van der Waals surface area contributed by atoms with Gasteiger partial charge < -0.3 is 9.63 Å². The zero-order valence-electron chi connectivity index (χ0n) is 9.99. The van der Waals surface area contributed by atoms with E-state index in [-0.39, 0.29) is 27.3 Å². The van der Waals surface area contributed by atoms with Gasteiger partial charge >= 0.3 is 12.0 Å². The highest BCUT2D eigenvalue weighted by Crippen LogP contribution is 2.22. The number of benzene rings is 1. The van der Waals surface area contributed by atoms with Gasteiger partial charge in [-0.15, -0.1) is 0 Å². The van der Waals surface area contributed by atoms with Crippen LogP contribution in [0.3, 0.4) is 0 Å². The predicted octanol–water partition coefficient (Wildman–Crippen LogP) is 1.53. The molecule has 0 aliphatic carbocycles.